The number of thiazole rings is 1. The Morgan fingerprint density at radius 1 is 1.12 bits per heavy atom. The molecule has 0 saturated heterocycles. The number of amides is 1. The van der Waals surface area contributed by atoms with Gasteiger partial charge in [-0.2, -0.15) is 0 Å². The van der Waals surface area contributed by atoms with Crippen LogP contribution in [0.4, 0.5) is 0 Å². The molecule has 0 saturated carbocycles. The molecule has 130 valence electrons. The standard InChI is InChI=1S/C20H22N2O2S/c1-24-16-11-9-15(10-12-16)13-14-21-19(23)7-4-8-20-22-17-5-2-3-6-18(17)25-20/h2-3,5-6,9-12H,4,7-8,13-14H2,1H3,(H,21,23). The third-order valence-corrected chi connectivity index (χ3v) is 5.12. The molecule has 0 aliphatic heterocycles. The van der Waals surface area contributed by atoms with Crippen LogP contribution in [0.25, 0.3) is 10.2 Å². The third-order valence-electron chi connectivity index (χ3n) is 4.03. The van der Waals surface area contributed by atoms with Crippen LogP contribution < -0.4 is 10.1 Å². The number of fused-ring (bicyclic) bond motifs is 1. The number of nitrogens with one attached hydrogen (secondary N) is 1. The fourth-order valence-electron chi connectivity index (χ4n) is 2.65. The molecule has 0 aliphatic rings. The monoisotopic (exact) mass is 354 g/mol. The molecule has 3 aromatic rings. The number of nitrogens with zero attached hydrogens (tertiary/aromatic N) is 1. The van der Waals surface area contributed by atoms with Crippen LogP contribution in [0.3, 0.4) is 0 Å². The SMILES string of the molecule is COc1ccc(CCNC(=O)CCCc2nc3ccccc3s2)cc1. The average molecular weight is 354 g/mol. The van der Waals surface area contributed by atoms with Crippen LogP contribution in [0.1, 0.15) is 23.4 Å². The second kappa shape index (κ2) is 8.62. The van der Waals surface area contributed by atoms with Gasteiger partial charge in [0.05, 0.1) is 22.3 Å². The molecule has 4 nitrogen and oxygen atoms in total. The Morgan fingerprint density at radius 3 is 2.68 bits per heavy atom. The number of hydrogen-bond acceptors (Lipinski definition) is 4. The Hall–Kier alpha value is -2.40. The molecule has 0 unspecified atom stereocenters. The van der Waals surface area contributed by atoms with Gasteiger partial charge in [-0.3, -0.25) is 4.79 Å². The van der Waals surface area contributed by atoms with E-state index in [1.165, 1.54) is 10.3 Å². The molecule has 0 atom stereocenters. The summed E-state index contributed by atoms with van der Waals surface area (Å²) < 4.78 is 6.35. The molecule has 1 heterocycles. The molecule has 25 heavy (non-hydrogen) atoms. The number of ether oxygens (including phenoxy) is 1. The number of carbonyl (C=O) groups excluding carboxylic acids is 1. The molecule has 2 aromatic carbocycles. The zero-order chi connectivity index (χ0) is 17.5. The van der Waals surface area contributed by atoms with Gasteiger partial charge in [0, 0.05) is 13.0 Å². The summed E-state index contributed by atoms with van der Waals surface area (Å²) in [6.45, 7) is 0.659. The second-order valence-corrected chi connectivity index (χ2v) is 6.99. The molecule has 1 N–H and O–H groups in total. The fourth-order valence-corrected chi connectivity index (χ4v) is 3.66. The summed E-state index contributed by atoms with van der Waals surface area (Å²) in [6.07, 6.45) is 3.05. The molecule has 1 aromatic heterocycles. The van der Waals surface area contributed by atoms with Crippen molar-refractivity contribution in [2.75, 3.05) is 13.7 Å². The van der Waals surface area contributed by atoms with Gasteiger partial charge >= 0.3 is 0 Å². The summed E-state index contributed by atoms with van der Waals surface area (Å²) in [4.78, 5) is 16.6. The highest BCUT2D eigenvalue weighted by Crippen LogP contribution is 2.22. The largest absolute Gasteiger partial charge is 0.497 e. The van der Waals surface area contributed by atoms with Crippen LogP contribution in [0.5, 0.6) is 5.75 Å². The predicted molar refractivity (Wildman–Crippen MR) is 102 cm³/mol. The van der Waals surface area contributed by atoms with E-state index in [-0.39, 0.29) is 5.91 Å². The quantitative estimate of drug-likeness (QED) is 0.665. The summed E-state index contributed by atoms with van der Waals surface area (Å²) in [5.41, 5.74) is 2.24. The summed E-state index contributed by atoms with van der Waals surface area (Å²) in [5, 5.41) is 4.09. The van der Waals surface area contributed by atoms with Crippen molar-refractivity contribution in [2.45, 2.75) is 25.7 Å². The maximum absolute atomic E-state index is 11.9. The lowest BCUT2D eigenvalue weighted by Crippen LogP contribution is -2.25. The molecule has 0 bridgehead atoms. The average Bonchev–Trinajstić information content (AvgIpc) is 3.05. The minimum Gasteiger partial charge on any atom is -0.497 e. The van der Waals surface area contributed by atoms with E-state index in [1.807, 2.05) is 42.5 Å². The number of aromatic nitrogens is 1. The molecule has 0 aliphatic carbocycles. The van der Waals surface area contributed by atoms with Crippen molar-refractivity contribution in [3.8, 4) is 5.75 Å². The second-order valence-electron chi connectivity index (χ2n) is 5.88. The molecule has 0 fully saturated rings. The van der Waals surface area contributed by atoms with E-state index in [0.29, 0.717) is 13.0 Å². The van der Waals surface area contributed by atoms with Crippen LogP contribution in [0.2, 0.25) is 0 Å². The van der Waals surface area contributed by atoms with Crippen molar-refractivity contribution in [1.82, 2.24) is 10.3 Å². The summed E-state index contributed by atoms with van der Waals surface area (Å²) >= 11 is 1.71. The van der Waals surface area contributed by atoms with Gasteiger partial charge in [-0.15, -0.1) is 11.3 Å². The maximum Gasteiger partial charge on any atom is 0.220 e. The van der Waals surface area contributed by atoms with E-state index in [0.717, 1.165) is 35.5 Å². The minimum atomic E-state index is 0.106. The topological polar surface area (TPSA) is 51.2 Å². The van der Waals surface area contributed by atoms with Gasteiger partial charge < -0.3 is 10.1 Å². The molecule has 1 amide bonds. The first kappa shape index (κ1) is 17.4. The highest BCUT2D eigenvalue weighted by Gasteiger charge is 2.05. The first-order valence-corrected chi connectivity index (χ1v) is 9.30. The molecule has 0 spiro atoms. The van der Waals surface area contributed by atoms with Crippen LogP contribution in [0, 0.1) is 0 Å². The first-order chi connectivity index (χ1) is 12.2. The number of benzene rings is 2. The van der Waals surface area contributed by atoms with E-state index in [4.69, 9.17) is 4.74 Å². The molecule has 0 radical (unpaired) electrons. The highest BCUT2D eigenvalue weighted by atomic mass is 32.1. The fraction of sp³-hybridized carbons (Fsp3) is 0.300. The number of rotatable bonds is 8. The van der Waals surface area contributed by atoms with E-state index in [9.17, 15) is 4.79 Å². The van der Waals surface area contributed by atoms with Gasteiger partial charge in [-0.1, -0.05) is 24.3 Å². The van der Waals surface area contributed by atoms with Crippen molar-refractivity contribution >= 4 is 27.5 Å². The Labute approximate surface area is 151 Å². The summed E-state index contributed by atoms with van der Waals surface area (Å²) in [5.74, 6) is 0.956. The third kappa shape index (κ3) is 5.03. The van der Waals surface area contributed by atoms with Crippen molar-refractivity contribution in [3.05, 3.63) is 59.1 Å². The first-order valence-electron chi connectivity index (χ1n) is 8.48. The lowest BCUT2D eigenvalue weighted by atomic mass is 10.1. The normalized spacial score (nSPS) is 10.8. The van der Waals surface area contributed by atoms with Crippen molar-refractivity contribution in [2.24, 2.45) is 0 Å². The number of para-hydroxylation sites is 1. The molecular formula is C20H22N2O2S. The number of methoxy groups -OCH3 is 1. The van der Waals surface area contributed by atoms with E-state index in [2.05, 4.69) is 16.4 Å². The van der Waals surface area contributed by atoms with Crippen LogP contribution >= 0.6 is 11.3 Å². The van der Waals surface area contributed by atoms with Gasteiger partial charge in [0.2, 0.25) is 5.91 Å². The van der Waals surface area contributed by atoms with Gasteiger partial charge in [-0.25, -0.2) is 4.98 Å². The lowest BCUT2D eigenvalue weighted by molar-refractivity contribution is -0.121. The van der Waals surface area contributed by atoms with Crippen LogP contribution in [0.15, 0.2) is 48.5 Å². The molecular weight excluding hydrogens is 332 g/mol. The van der Waals surface area contributed by atoms with Crippen molar-refractivity contribution in [1.29, 1.82) is 0 Å². The Kier molecular flexibility index (Phi) is 6.01. The van der Waals surface area contributed by atoms with Crippen molar-refractivity contribution < 1.29 is 9.53 Å². The summed E-state index contributed by atoms with van der Waals surface area (Å²) in [7, 11) is 1.66. The zero-order valence-electron chi connectivity index (χ0n) is 14.3. The predicted octanol–water partition coefficient (Wildman–Crippen LogP) is 3.99. The van der Waals surface area contributed by atoms with E-state index < -0.39 is 0 Å². The number of aryl methyl sites for hydroxylation is 1. The molecule has 5 heteroatoms. The van der Waals surface area contributed by atoms with Crippen LogP contribution in [-0.4, -0.2) is 24.5 Å². The highest BCUT2D eigenvalue weighted by molar-refractivity contribution is 7.18. The van der Waals surface area contributed by atoms with Gasteiger partial charge in [-0.05, 0) is 49.1 Å². The Balaban J connectivity index is 1.36. The van der Waals surface area contributed by atoms with Crippen molar-refractivity contribution in [3.63, 3.8) is 0 Å². The van der Waals surface area contributed by atoms with E-state index >= 15 is 0 Å². The Morgan fingerprint density at radius 2 is 1.92 bits per heavy atom. The summed E-state index contributed by atoms with van der Waals surface area (Å²) in [6, 6.07) is 16.1. The maximum atomic E-state index is 11.9. The lowest BCUT2D eigenvalue weighted by Gasteiger charge is -2.06. The molecule has 3 rings (SSSR count). The number of carbonyl (C=O) groups is 1. The van der Waals surface area contributed by atoms with E-state index in [1.54, 1.807) is 18.4 Å². The smallest absolute Gasteiger partial charge is 0.220 e. The zero-order valence-corrected chi connectivity index (χ0v) is 15.1. The van der Waals surface area contributed by atoms with Gasteiger partial charge in [0.15, 0.2) is 0 Å². The van der Waals surface area contributed by atoms with Crippen LogP contribution in [-0.2, 0) is 17.6 Å². The Bertz CT molecular complexity index is 794. The van der Waals surface area contributed by atoms with Gasteiger partial charge in [0.1, 0.15) is 5.75 Å². The number of hydrogen-bond donors (Lipinski definition) is 1. The minimum absolute atomic E-state index is 0.106. The van der Waals surface area contributed by atoms with Gasteiger partial charge in [0.25, 0.3) is 0 Å².